The lowest BCUT2D eigenvalue weighted by atomic mass is 10.1. The van der Waals surface area contributed by atoms with Crippen LogP contribution in [0.15, 0.2) is 30.9 Å². The Morgan fingerprint density at radius 1 is 1.64 bits per heavy atom. The van der Waals surface area contributed by atoms with Crippen LogP contribution < -0.4 is 10.6 Å². The molecule has 3 heteroatoms. The highest BCUT2D eigenvalue weighted by Crippen LogP contribution is 2.33. The second-order valence-corrected chi connectivity index (χ2v) is 3.50. The zero-order chi connectivity index (χ0) is 10.1. The topological polar surface area (TPSA) is 29.3 Å². The molecule has 0 radical (unpaired) electrons. The number of anilines is 1. The third kappa shape index (κ3) is 1.40. The number of benzene rings is 1. The van der Waals surface area contributed by atoms with E-state index < -0.39 is 0 Å². The van der Waals surface area contributed by atoms with E-state index in [2.05, 4.69) is 11.5 Å². The fourth-order valence-corrected chi connectivity index (χ4v) is 1.87. The van der Waals surface area contributed by atoms with Crippen LogP contribution in [0.25, 0.3) is 0 Å². The van der Waals surface area contributed by atoms with Crippen LogP contribution in [-0.4, -0.2) is 13.1 Å². The fraction of sp³-hybridized carbons (Fsp3) is 0.273. The van der Waals surface area contributed by atoms with Crippen LogP contribution in [-0.2, 0) is 0 Å². The van der Waals surface area contributed by atoms with Crippen molar-refractivity contribution in [3.8, 4) is 0 Å². The Kier molecular flexibility index (Phi) is 2.25. The van der Waals surface area contributed by atoms with Gasteiger partial charge in [0, 0.05) is 24.8 Å². The SMILES string of the molecule is C=CCN1C[C@@H](N)c2cc(F)ccc21. The van der Waals surface area contributed by atoms with Crippen molar-refractivity contribution in [3.05, 3.63) is 42.2 Å². The molecule has 0 bridgehead atoms. The maximum absolute atomic E-state index is 13.0. The molecule has 2 N–H and O–H groups in total. The highest BCUT2D eigenvalue weighted by atomic mass is 19.1. The highest BCUT2D eigenvalue weighted by molar-refractivity contribution is 5.60. The lowest BCUT2D eigenvalue weighted by molar-refractivity contribution is 0.624. The van der Waals surface area contributed by atoms with Gasteiger partial charge in [-0.3, -0.25) is 0 Å². The van der Waals surface area contributed by atoms with Gasteiger partial charge in [-0.15, -0.1) is 6.58 Å². The van der Waals surface area contributed by atoms with Gasteiger partial charge in [0.15, 0.2) is 0 Å². The molecule has 0 saturated carbocycles. The van der Waals surface area contributed by atoms with E-state index in [9.17, 15) is 4.39 Å². The van der Waals surface area contributed by atoms with Gasteiger partial charge in [0.25, 0.3) is 0 Å². The molecule has 0 amide bonds. The Morgan fingerprint density at radius 3 is 3.14 bits per heavy atom. The standard InChI is InChI=1S/C11H13FN2/c1-2-5-14-7-10(13)9-6-8(12)3-4-11(9)14/h2-4,6,10H,1,5,7,13H2/t10-/m1/s1. The molecule has 0 aromatic heterocycles. The summed E-state index contributed by atoms with van der Waals surface area (Å²) in [6.45, 7) is 5.18. The predicted octanol–water partition coefficient (Wildman–Crippen LogP) is 1.83. The number of fused-ring (bicyclic) bond motifs is 1. The normalized spacial score (nSPS) is 19.6. The first-order valence-corrected chi connectivity index (χ1v) is 4.63. The molecule has 1 aliphatic heterocycles. The Morgan fingerprint density at radius 2 is 2.43 bits per heavy atom. The van der Waals surface area contributed by atoms with Gasteiger partial charge in [0.1, 0.15) is 5.82 Å². The van der Waals surface area contributed by atoms with Gasteiger partial charge in [0.2, 0.25) is 0 Å². The van der Waals surface area contributed by atoms with Crippen molar-refractivity contribution in [3.63, 3.8) is 0 Å². The third-order valence-corrected chi connectivity index (χ3v) is 2.50. The molecule has 1 atom stereocenters. The number of hydrogen-bond acceptors (Lipinski definition) is 2. The summed E-state index contributed by atoms with van der Waals surface area (Å²) in [5.74, 6) is -0.223. The number of hydrogen-bond donors (Lipinski definition) is 1. The number of rotatable bonds is 2. The summed E-state index contributed by atoms with van der Waals surface area (Å²) in [6.07, 6.45) is 1.82. The van der Waals surface area contributed by atoms with Crippen LogP contribution in [0, 0.1) is 5.82 Å². The van der Waals surface area contributed by atoms with Gasteiger partial charge in [-0.1, -0.05) is 6.08 Å². The molecule has 0 saturated heterocycles. The Hall–Kier alpha value is -1.35. The van der Waals surface area contributed by atoms with Gasteiger partial charge in [0.05, 0.1) is 0 Å². The Labute approximate surface area is 82.8 Å². The first-order chi connectivity index (χ1) is 6.72. The molecule has 1 aliphatic rings. The summed E-state index contributed by atoms with van der Waals surface area (Å²) in [4.78, 5) is 2.10. The third-order valence-electron chi connectivity index (χ3n) is 2.50. The summed E-state index contributed by atoms with van der Waals surface area (Å²) in [5, 5.41) is 0. The van der Waals surface area contributed by atoms with E-state index in [1.54, 1.807) is 6.07 Å². The smallest absolute Gasteiger partial charge is 0.123 e. The molecular weight excluding hydrogens is 179 g/mol. The quantitative estimate of drug-likeness (QED) is 0.724. The predicted molar refractivity (Wildman–Crippen MR) is 55.7 cm³/mol. The van der Waals surface area contributed by atoms with E-state index >= 15 is 0 Å². The number of nitrogens with two attached hydrogens (primary N) is 1. The van der Waals surface area contributed by atoms with E-state index in [0.29, 0.717) is 0 Å². The monoisotopic (exact) mass is 192 g/mol. The zero-order valence-corrected chi connectivity index (χ0v) is 7.91. The van der Waals surface area contributed by atoms with Crippen LogP contribution in [0.1, 0.15) is 11.6 Å². The molecule has 0 fully saturated rings. The lowest BCUT2D eigenvalue weighted by Crippen LogP contribution is -2.24. The summed E-state index contributed by atoms with van der Waals surface area (Å²) in [6, 6.07) is 4.68. The molecule has 1 aromatic carbocycles. The molecule has 14 heavy (non-hydrogen) atoms. The van der Waals surface area contributed by atoms with Crippen molar-refractivity contribution in [2.45, 2.75) is 6.04 Å². The Balaban J connectivity index is 2.39. The summed E-state index contributed by atoms with van der Waals surface area (Å²) in [7, 11) is 0. The average molecular weight is 192 g/mol. The zero-order valence-electron chi connectivity index (χ0n) is 7.91. The van der Waals surface area contributed by atoms with Crippen LogP contribution in [0.2, 0.25) is 0 Å². The van der Waals surface area contributed by atoms with E-state index in [4.69, 9.17) is 5.73 Å². The first-order valence-electron chi connectivity index (χ1n) is 4.63. The van der Waals surface area contributed by atoms with E-state index in [1.165, 1.54) is 12.1 Å². The number of halogens is 1. The van der Waals surface area contributed by atoms with E-state index in [0.717, 1.165) is 24.3 Å². The molecule has 0 unspecified atom stereocenters. The first kappa shape index (κ1) is 9.21. The van der Waals surface area contributed by atoms with Crippen molar-refractivity contribution in [2.75, 3.05) is 18.0 Å². The molecule has 1 aromatic rings. The van der Waals surface area contributed by atoms with Gasteiger partial charge >= 0.3 is 0 Å². The summed E-state index contributed by atoms with van der Waals surface area (Å²) in [5.41, 5.74) is 7.82. The Bertz CT molecular complexity index is 362. The van der Waals surface area contributed by atoms with Crippen LogP contribution in [0.4, 0.5) is 10.1 Å². The maximum Gasteiger partial charge on any atom is 0.123 e. The number of nitrogens with zero attached hydrogens (tertiary/aromatic N) is 1. The van der Waals surface area contributed by atoms with E-state index in [-0.39, 0.29) is 11.9 Å². The van der Waals surface area contributed by atoms with Crippen LogP contribution in [0.5, 0.6) is 0 Å². The molecule has 0 spiro atoms. The average Bonchev–Trinajstić information content (AvgIpc) is 2.44. The van der Waals surface area contributed by atoms with Crippen molar-refractivity contribution < 1.29 is 4.39 Å². The van der Waals surface area contributed by atoms with E-state index in [1.807, 2.05) is 6.08 Å². The van der Waals surface area contributed by atoms with Crippen LogP contribution >= 0.6 is 0 Å². The van der Waals surface area contributed by atoms with Gasteiger partial charge in [-0.05, 0) is 23.8 Å². The summed E-state index contributed by atoms with van der Waals surface area (Å²) < 4.78 is 13.0. The molecule has 2 rings (SSSR count). The maximum atomic E-state index is 13.0. The molecule has 0 aliphatic carbocycles. The fourth-order valence-electron chi connectivity index (χ4n) is 1.87. The van der Waals surface area contributed by atoms with Crippen LogP contribution in [0.3, 0.4) is 0 Å². The van der Waals surface area contributed by atoms with Crippen molar-refractivity contribution in [1.82, 2.24) is 0 Å². The molecule has 74 valence electrons. The minimum absolute atomic E-state index is 0.0827. The highest BCUT2D eigenvalue weighted by Gasteiger charge is 2.25. The summed E-state index contributed by atoms with van der Waals surface area (Å²) >= 11 is 0. The minimum atomic E-state index is -0.223. The van der Waals surface area contributed by atoms with Crippen molar-refractivity contribution >= 4 is 5.69 Å². The van der Waals surface area contributed by atoms with Gasteiger partial charge in [-0.2, -0.15) is 0 Å². The molecular formula is C11H13FN2. The minimum Gasteiger partial charge on any atom is -0.366 e. The molecule has 1 heterocycles. The lowest BCUT2D eigenvalue weighted by Gasteiger charge is -2.16. The van der Waals surface area contributed by atoms with Crippen molar-refractivity contribution in [2.24, 2.45) is 5.73 Å². The second kappa shape index (κ2) is 3.42. The van der Waals surface area contributed by atoms with Gasteiger partial charge in [-0.25, -0.2) is 4.39 Å². The largest absolute Gasteiger partial charge is 0.366 e. The second-order valence-electron chi connectivity index (χ2n) is 3.50. The van der Waals surface area contributed by atoms with Gasteiger partial charge < -0.3 is 10.6 Å². The molecule has 2 nitrogen and oxygen atoms in total. The van der Waals surface area contributed by atoms with Crippen molar-refractivity contribution in [1.29, 1.82) is 0 Å².